The van der Waals surface area contributed by atoms with E-state index in [2.05, 4.69) is 10.6 Å². The zero-order valence-electron chi connectivity index (χ0n) is 11.0. The van der Waals surface area contributed by atoms with Crippen LogP contribution in [0.1, 0.15) is 25.8 Å². The maximum absolute atomic E-state index is 13.3. The number of hydrogen-bond acceptors (Lipinski definition) is 2. The zero-order valence-corrected chi connectivity index (χ0v) is 11.0. The minimum Gasteiger partial charge on any atom is -0.353 e. The lowest BCUT2D eigenvalue weighted by Gasteiger charge is -2.11. The summed E-state index contributed by atoms with van der Waals surface area (Å²) in [4.78, 5) is 11.4. The number of nitrogens with one attached hydrogen (secondary N) is 2. The standard InChI is InChI=1S/C14H21FN2O/c1-3-11(2)17-14(18)10-16-9-8-12-6-4-5-7-13(12)15/h4-7,11,16H,3,8-10H2,1-2H3,(H,17,18). The third-order valence-electron chi connectivity index (χ3n) is 2.83. The van der Waals surface area contributed by atoms with Crippen molar-refractivity contribution in [1.29, 1.82) is 0 Å². The van der Waals surface area contributed by atoms with Crippen LogP contribution in [0.2, 0.25) is 0 Å². The average Bonchev–Trinajstić information content (AvgIpc) is 2.36. The van der Waals surface area contributed by atoms with Gasteiger partial charge < -0.3 is 10.6 Å². The molecule has 1 unspecified atom stereocenters. The lowest BCUT2D eigenvalue weighted by molar-refractivity contribution is -0.120. The predicted molar refractivity (Wildman–Crippen MR) is 70.9 cm³/mol. The lowest BCUT2D eigenvalue weighted by atomic mass is 10.1. The van der Waals surface area contributed by atoms with E-state index in [1.165, 1.54) is 6.07 Å². The smallest absolute Gasteiger partial charge is 0.234 e. The Morgan fingerprint density at radius 2 is 2.11 bits per heavy atom. The van der Waals surface area contributed by atoms with Crippen LogP contribution in [0.3, 0.4) is 0 Å². The van der Waals surface area contributed by atoms with E-state index in [4.69, 9.17) is 0 Å². The number of amides is 1. The second-order valence-corrected chi connectivity index (χ2v) is 4.39. The Hall–Kier alpha value is -1.42. The van der Waals surface area contributed by atoms with Gasteiger partial charge in [-0.2, -0.15) is 0 Å². The molecule has 3 nitrogen and oxygen atoms in total. The number of carbonyl (C=O) groups excluding carboxylic acids is 1. The third-order valence-corrected chi connectivity index (χ3v) is 2.83. The molecule has 0 aliphatic rings. The van der Waals surface area contributed by atoms with E-state index >= 15 is 0 Å². The first kappa shape index (κ1) is 14.6. The van der Waals surface area contributed by atoms with Crippen molar-refractivity contribution in [3.05, 3.63) is 35.6 Å². The molecule has 0 bridgehead atoms. The molecular formula is C14H21FN2O. The largest absolute Gasteiger partial charge is 0.353 e. The molecule has 2 N–H and O–H groups in total. The van der Waals surface area contributed by atoms with Crippen LogP contribution in [0, 0.1) is 5.82 Å². The molecule has 1 atom stereocenters. The van der Waals surface area contributed by atoms with Crippen LogP contribution in [-0.2, 0) is 11.2 Å². The van der Waals surface area contributed by atoms with Crippen molar-refractivity contribution in [3.8, 4) is 0 Å². The summed E-state index contributed by atoms with van der Waals surface area (Å²) in [5.74, 6) is -0.207. The van der Waals surface area contributed by atoms with Crippen molar-refractivity contribution >= 4 is 5.91 Å². The Kier molecular flexibility index (Phi) is 6.36. The Balaban J connectivity index is 2.19. The fourth-order valence-corrected chi connectivity index (χ4v) is 1.55. The second kappa shape index (κ2) is 7.82. The summed E-state index contributed by atoms with van der Waals surface area (Å²) in [7, 11) is 0. The first-order valence-corrected chi connectivity index (χ1v) is 6.37. The van der Waals surface area contributed by atoms with Gasteiger partial charge in [0.15, 0.2) is 0 Å². The topological polar surface area (TPSA) is 41.1 Å². The highest BCUT2D eigenvalue weighted by atomic mass is 19.1. The molecule has 4 heteroatoms. The summed E-state index contributed by atoms with van der Waals surface area (Å²) in [5, 5.41) is 5.88. The molecule has 100 valence electrons. The van der Waals surface area contributed by atoms with Crippen LogP contribution in [0.15, 0.2) is 24.3 Å². The van der Waals surface area contributed by atoms with Gasteiger partial charge in [0.25, 0.3) is 0 Å². The third kappa shape index (κ3) is 5.27. The summed E-state index contributed by atoms with van der Waals surface area (Å²) in [6.45, 7) is 4.86. The minimum atomic E-state index is -0.191. The molecule has 1 amide bonds. The normalized spacial score (nSPS) is 12.2. The van der Waals surface area contributed by atoms with Gasteiger partial charge in [-0.1, -0.05) is 25.1 Å². The van der Waals surface area contributed by atoms with Gasteiger partial charge in [0.1, 0.15) is 5.82 Å². The lowest BCUT2D eigenvalue weighted by Crippen LogP contribution is -2.39. The van der Waals surface area contributed by atoms with E-state index in [9.17, 15) is 9.18 Å². The van der Waals surface area contributed by atoms with Crippen molar-refractivity contribution in [2.45, 2.75) is 32.7 Å². The molecule has 0 aromatic heterocycles. The molecule has 0 radical (unpaired) electrons. The molecule has 0 spiro atoms. The first-order chi connectivity index (χ1) is 8.63. The van der Waals surface area contributed by atoms with Crippen molar-refractivity contribution < 1.29 is 9.18 Å². The maximum atomic E-state index is 13.3. The summed E-state index contributed by atoms with van der Waals surface area (Å²) in [5.41, 5.74) is 0.673. The SMILES string of the molecule is CCC(C)NC(=O)CNCCc1ccccc1F. The molecule has 0 saturated heterocycles. The molecule has 0 fully saturated rings. The van der Waals surface area contributed by atoms with E-state index in [1.807, 2.05) is 19.9 Å². The van der Waals surface area contributed by atoms with Crippen LogP contribution >= 0.6 is 0 Å². The monoisotopic (exact) mass is 252 g/mol. The summed E-state index contributed by atoms with van der Waals surface area (Å²) in [6, 6.07) is 6.90. The fraction of sp³-hybridized carbons (Fsp3) is 0.500. The van der Waals surface area contributed by atoms with Gasteiger partial charge in [0.2, 0.25) is 5.91 Å². The van der Waals surface area contributed by atoms with Crippen molar-refractivity contribution in [1.82, 2.24) is 10.6 Å². The van der Waals surface area contributed by atoms with E-state index < -0.39 is 0 Å². The second-order valence-electron chi connectivity index (χ2n) is 4.39. The zero-order chi connectivity index (χ0) is 13.4. The van der Waals surface area contributed by atoms with Crippen LogP contribution in [-0.4, -0.2) is 25.0 Å². The molecule has 18 heavy (non-hydrogen) atoms. The van der Waals surface area contributed by atoms with Gasteiger partial charge in [0, 0.05) is 6.04 Å². The number of carbonyl (C=O) groups is 1. The Bertz CT molecular complexity index is 382. The molecule has 0 saturated carbocycles. The molecule has 0 aliphatic carbocycles. The van der Waals surface area contributed by atoms with Crippen molar-refractivity contribution in [2.24, 2.45) is 0 Å². The number of rotatable bonds is 7. The van der Waals surface area contributed by atoms with Crippen molar-refractivity contribution in [2.75, 3.05) is 13.1 Å². The molecule has 1 aromatic carbocycles. The highest BCUT2D eigenvalue weighted by Crippen LogP contribution is 2.05. The number of hydrogen-bond donors (Lipinski definition) is 2. The van der Waals surface area contributed by atoms with Gasteiger partial charge in [-0.3, -0.25) is 4.79 Å². The Morgan fingerprint density at radius 1 is 1.39 bits per heavy atom. The summed E-state index contributed by atoms with van der Waals surface area (Å²) < 4.78 is 13.3. The van der Waals surface area contributed by atoms with E-state index in [1.54, 1.807) is 12.1 Å². The first-order valence-electron chi connectivity index (χ1n) is 6.37. The predicted octanol–water partition coefficient (Wildman–Crippen LogP) is 1.87. The minimum absolute atomic E-state index is 0.0158. The average molecular weight is 252 g/mol. The molecule has 1 rings (SSSR count). The van der Waals surface area contributed by atoms with Crippen molar-refractivity contribution in [3.63, 3.8) is 0 Å². The quantitative estimate of drug-likeness (QED) is 0.727. The van der Waals surface area contributed by atoms with E-state index in [0.29, 0.717) is 18.5 Å². The Labute approximate surface area is 108 Å². The van der Waals surface area contributed by atoms with Crippen LogP contribution < -0.4 is 10.6 Å². The molecular weight excluding hydrogens is 231 g/mol. The highest BCUT2D eigenvalue weighted by molar-refractivity contribution is 5.78. The molecule has 0 aliphatic heterocycles. The van der Waals surface area contributed by atoms with Crippen LogP contribution in [0.25, 0.3) is 0 Å². The molecule has 1 aromatic rings. The number of benzene rings is 1. The van der Waals surface area contributed by atoms with Gasteiger partial charge in [-0.15, -0.1) is 0 Å². The van der Waals surface area contributed by atoms with Gasteiger partial charge >= 0.3 is 0 Å². The fourth-order valence-electron chi connectivity index (χ4n) is 1.55. The van der Waals surface area contributed by atoms with Gasteiger partial charge in [-0.05, 0) is 37.9 Å². The van der Waals surface area contributed by atoms with Crippen LogP contribution in [0.5, 0.6) is 0 Å². The number of halogens is 1. The summed E-state index contributed by atoms with van der Waals surface area (Å²) >= 11 is 0. The summed E-state index contributed by atoms with van der Waals surface area (Å²) in [6.07, 6.45) is 1.50. The van der Waals surface area contributed by atoms with Gasteiger partial charge in [-0.25, -0.2) is 4.39 Å². The van der Waals surface area contributed by atoms with Gasteiger partial charge in [0.05, 0.1) is 6.54 Å². The maximum Gasteiger partial charge on any atom is 0.234 e. The highest BCUT2D eigenvalue weighted by Gasteiger charge is 2.05. The Morgan fingerprint density at radius 3 is 2.78 bits per heavy atom. The molecule has 0 heterocycles. The van der Waals surface area contributed by atoms with Crippen LogP contribution in [0.4, 0.5) is 4.39 Å². The van der Waals surface area contributed by atoms with E-state index in [-0.39, 0.29) is 24.3 Å². The van der Waals surface area contributed by atoms with E-state index in [0.717, 1.165) is 6.42 Å².